The molecule has 0 aromatic heterocycles. The number of hydrogen-bond donors (Lipinski definition) is 2. The highest BCUT2D eigenvalue weighted by atomic mass is 35.5. The lowest BCUT2D eigenvalue weighted by Crippen LogP contribution is -2.49. The van der Waals surface area contributed by atoms with Crippen LogP contribution in [0.1, 0.15) is 12.8 Å². The Kier molecular flexibility index (Phi) is 2.96. The predicted octanol–water partition coefficient (Wildman–Crippen LogP) is 0.380. The molecule has 1 saturated heterocycles. The normalized spacial score (nSPS) is 33.0. The van der Waals surface area contributed by atoms with E-state index in [2.05, 4.69) is 10.6 Å². The summed E-state index contributed by atoms with van der Waals surface area (Å²) in [6, 6.07) is 0.804. The van der Waals surface area contributed by atoms with Gasteiger partial charge in [-0.2, -0.15) is 0 Å². The molecule has 2 N–H and O–H groups in total. The largest absolute Gasteiger partial charge is 0.314 e. The van der Waals surface area contributed by atoms with Gasteiger partial charge in [0.1, 0.15) is 0 Å². The molecule has 0 aromatic carbocycles. The molecule has 1 heterocycles. The summed E-state index contributed by atoms with van der Waals surface area (Å²) >= 11 is 0. The molecule has 1 aliphatic heterocycles. The third kappa shape index (κ3) is 1.84. The van der Waals surface area contributed by atoms with Crippen molar-refractivity contribution in [1.29, 1.82) is 0 Å². The number of nitrogens with one attached hydrogen (secondary N) is 2. The molecule has 0 amide bonds. The Morgan fingerprint density at radius 1 is 1.10 bits per heavy atom. The average Bonchev–Trinajstić information content (AvgIpc) is 2.71. The van der Waals surface area contributed by atoms with Gasteiger partial charge in [0.25, 0.3) is 0 Å². The molecular formula is C7H15ClN2. The van der Waals surface area contributed by atoms with Crippen molar-refractivity contribution in [3.63, 3.8) is 0 Å². The van der Waals surface area contributed by atoms with Gasteiger partial charge in [0, 0.05) is 25.7 Å². The molecule has 0 radical (unpaired) electrons. The van der Waals surface area contributed by atoms with Gasteiger partial charge in [-0.15, -0.1) is 12.4 Å². The van der Waals surface area contributed by atoms with Gasteiger partial charge in [0.15, 0.2) is 0 Å². The molecule has 0 spiro atoms. The number of hydrogen-bond acceptors (Lipinski definition) is 2. The smallest absolute Gasteiger partial charge is 0.0221 e. The van der Waals surface area contributed by atoms with E-state index < -0.39 is 0 Å². The molecule has 3 heteroatoms. The van der Waals surface area contributed by atoms with E-state index in [1.54, 1.807) is 0 Å². The molecule has 2 aliphatic rings. The number of rotatable bonds is 1. The molecule has 1 aliphatic carbocycles. The number of halogens is 1. The summed E-state index contributed by atoms with van der Waals surface area (Å²) in [7, 11) is 0. The molecule has 2 fully saturated rings. The minimum atomic E-state index is 0. The van der Waals surface area contributed by atoms with E-state index in [1.165, 1.54) is 25.9 Å². The Balaban J connectivity index is 0.000000500. The summed E-state index contributed by atoms with van der Waals surface area (Å²) in [6.07, 6.45) is 2.92. The Hall–Kier alpha value is 0.210. The third-order valence-corrected chi connectivity index (χ3v) is 2.26. The monoisotopic (exact) mass is 162 g/mol. The molecule has 0 unspecified atom stereocenters. The van der Waals surface area contributed by atoms with Crippen LogP contribution in [0.4, 0.5) is 0 Å². The molecular weight excluding hydrogens is 148 g/mol. The van der Waals surface area contributed by atoms with E-state index in [-0.39, 0.29) is 12.4 Å². The van der Waals surface area contributed by atoms with Gasteiger partial charge in [-0.25, -0.2) is 0 Å². The maximum absolute atomic E-state index is 3.52. The second kappa shape index (κ2) is 3.56. The lowest BCUT2D eigenvalue weighted by Gasteiger charge is -2.23. The van der Waals surface area contributed by atoms with Gasteiger partial charge in [0.05, 0.1) is 0 Å². The standard InChI is InChI=1S/C7H14N2.ClH/c1-2-6(1)7-5-8-3-4-9-7;/h6-9H,1-5H2;1H/t7-;/m1./s1. The van der Waals surface area contributed by atoms with Crippen LogP contribution < -0.4 is 10.6 Å². The average molecular weight is 163 g/mol. The lowest BCUT2D eigenvalue weighted by molar-refractivity contribution is 0.385. The van der Waals surface area contributed by atoms with E-state index in [4.69, 9.17) is 0 Å². The second-order valence-corrected chi connectivity index (χ2v) is 3.10. The first-order chi connectivity index (χ1) is 4.47. The fraction of sp³-hybridized carbons (Fsp3) is 1.00. The summed E-state index contributed by atoms with van der Waals surface area (Å²) in [4.78, 5) is 0. The van der Waals surface area contributed by atoms with Crippen LogP contribution >= 0.6 is 12.4 Å². The fourth-order valence-electron chi connectivity index (χ4n) is 1.51. The first-order valence-electron chi connectivity index (χ1n) is 3.91. The van der Waals surface area contributed by atoms with Crippen LogP contribution in [0.2, 0.25) is 0 Å². The molecule has 1 atom stereocenters. The van der Waals surface area contributed by atoms with Gasteiger partial charge >= 0.3 is 0 Å². The minimum absolute atomic E-state index is 0. The summed E-state index contributed by atoms with van der Waals surface area (Å²) < 4.78 is 0. The zero-order chi connectivity index (χ0) is 6.10. The quantitative estimate of drug-likeness (QED) is 0.583. The van der Waals surface area contributed by atoms with Crippen molar-refractivity contribution in [1.82, 2.24) is 10.6 Å². The Bertz CT molecular complexity index is 97.8. The van der Waals surface area contributed by atoms with Crippen molar-refractivity contribution in [2.24, 2.45) is 5.92 Å². The van der Waals surface area contributed by atoms with E-state index >= 15 is 0 Å². The van der Waals surface area contributed by atoms with Crippen molar-refractivity contribution < 1.29 is 0 Å². The van der Waals surface area contributed by atoms with Gasteiger partial charge in [0.2, 0.25) is 0 Å². The molecule has 0 aromatic rings. The summed E-state index contributed by atoms with van der Waals surface area (Å²) in [5.41, 5.74) is 0. The Morgan fingerprint density at radius 3 is 2.40 bits per heavy atom. The highest BCUT2D eigenvalue weighted by molar-refractivity contribution is 5.85. The third-order valence-electron chi connectivity index (χ3n) is 2.26. The van der Waals surface area contributed by atoms with Gasteiger partial charge in [-0.1, -0.05) is 0 Å². The Labute approximate surface area is 68.2 Å². The minimum Gasteiger partial charge on any atom is -0.314 e. The second-order valence-electron chi connectivity index (χ2n) is 3.10. The van der Waals surface area contributed by atoms with Crippen molar-refractivity contribution in [3.05, 3.63) is 0 Å². The zero-order valence-electron chi connectivity index (χ0n) is 6.10. The van der Waals surface area contributed by atoms with Crippen LogP contribution in [0.3, 0.4) is 0 Å². The van der Waals surface area contributed by atoms with E-state index in [0.717, 1.165) is 18.5 Å². The van der Waals surface area contributed by atoms with E-state index in [0.29, 0.717) is 0 Å². The summed E-state index contributed by atoms with van der Waals surface area (Å²) in [5, 5.41) is 6.91. The highest BCUT2D eigenvalue weighted by Gasteiger charge is 2.31. The molecule has 0 bridgehead atoms. The number of piperazine rings is 1. The molecule has 2 nitrogen and oxygen atoms in total. The van der Waals surface area contributed by atoms with Crippen LogP contribution in [-0.2, 0) is 0 Å². The summed E-state index contributed by atoms with van der Waals surface area (Å²) in [6.45, 7) is 3.52. The molecule has 10 heavy (non-hydrogen) atoms. The zero-order valence-corrected chi connectivity index (χ0v) is 6.91. The lowest BCUT2D eigenvalue weighted by atomic mass is 10.1. The van der Waals surface area contributed by atoms with Crippen LogP contribution in [-0.4, -0.2) is 25.7 Å². The maximum Gasteiger partial charge on any atom is 0.0221 e. The van der Waals surface area contributed by atoms with Crippen LogP contribution in [0, 0.1) is 5.92 Å². The van der Waals surface area contributed by atoms with Gasteiger partial charge in [-0.3, -0.25) is 0 Å². The molecule has 2 rings (SSSR count). The maximum atomic E-state index is 3.52. The summed E-state index contributed by atoms with van der Waals surface area (Å²) in [5.74, 6) is 1.01. The van der Waals surface area contributed by atoms with E-state index in [1.807, 2.05) is 0 Å². The van der Waals surface area contributed by atoms with Crippen LogP contribution in [0.15, 0.2) is 0 Å². The van der Waals surface area contributed by atoms with Gasteiger partial charge in [-0.05, 0) is 18.8 Å². The topological polar surface area (TPSA) is 24.1 Å². The van der Waals surface area contributed by atoms with Crippen LogP contribution in [0.25, 0.3) is 0 Å². The van der Waals surface area contributed by atoms with Crippen LogP contribution in [0.5, 0.6) is 0 Å². The predicted molar refractivity (Wildman–Crippen MR) is 44.6 cm³/mol. The van der Waals surface area contributed by atoms with Crippen molar-refractivity contribution >= 4 is 12.4 Å². The first-order valence-corrected chi connectivity index (χ1v) is 3.91. The first kappa shape index (κ1) is 8.31. The highest BCUT2D eigenvalue weighted by Crippen LogP contribution is 2.32. The molecule has 1 saturated carbocycles. The molecule has 60 valence electrons. The van der Waals surface area contributed by atoms with Crippen molar-refractivity contribution in [2.75, 3.05) is 19.6 Å². The fourth-order valence-corrected chi connectivity index (χ4v) is 1.51. The van der Waals surface area contributed by atoms with Crippen molar-refractivity contribution in [3.8, 4) is 0 Å². The SMILES string of the molecule is C1CN[C@@H](C2CC2)CN1.Cl. The Morgan fingerprint density at radius 2 is 1.90 bits per heavy atom. The van der Waals surface area contributed by atoms with E-state index in [9.17, 15) is 0 Å². The van der Waals surface area contributed by atoms with Crippen molar-refractivity contribution in [2.45, 2.75) is 18.9 Å². The van der Waals surface area contributed by atoms with Gasteiger partial charge < -0.3 is 10.6 Å².